The highest BCUT2D eigenvalue weighted by Crippen LogP contribution is 2.59. The number of para-hydroxylation sites is 4. The van der Waals surface area contributed by atoms with Crippen LogP contribution in [0.3, 0.4) is 0 Å². The molecule has 13 aromatic rings. The quantitative estimate of drug-likeness (QED) is 0.136. The summed E-state index contributed by atoms with van der Waals surface area (Å²) in [7, 11) is 0. The van der Waals surface area contributed by atoms with Gasteiger partial charge in [-0.1, -0.05) is 184 Å². The second-order valence-corrected chi connectivity index (χ2v) is 20.0. The molecule has 352 valence electrons. The fourth-order valence-electron chi connectivity index (χ4n) is 13.1. The molecule has 0 N–H and O–H groups in total. The van der Waals surface area contributed by atoms with Crippen LogP contribution in [-0.4, -0.2) is 8.97 Å². The molecule has 2 aliphatic rings. The Labute approximate surface area is 430 Å². The van der Waals surface area contributed by atoms with Gasteiger partial charge in [-0.05, 0) is 108 Å². The minimum Gasteiger partial charge on any atom is -0.331 e. The van der Waals surface area contributed by atoms with Crippen LogP contribution in [0, 0.1) is 0 Å². The van der Waals surface area contributed by atoms with Crippen LogP contribution in [0.2, 0.25) is 0 Å². The summed E-state index contributed by atoms with van der Waals surface area (Å²) in [5.41, 5.74) is 23.6. The topological polar surface area (TPSA) is 15.8 Å². The maximum Gasteiger partial charge on any atom is 0.0654 e. The minimum atomic E-state index is 0.0625. The first-order valence-electron chi connectivity index (χ1n) is 26.3. The first-order chi connectivity index (χ1) is 36.7. The predicted octanol–water partition coefficient (Wildman–Crippen LogP) is 18.9. The van der Waals surface area contributed by atoms with Crippen molar-refractivity contribution in [1.29, 1.82) is 0 Å². The zero-order chi connectivity index (χ0) is 49.0. The van der Waals surface area contributed by atoms with Crippen molar-refractivity contribution < 1.29 is 0 Å². The van der Waals surface area contributed by atoms with E-state index in [1.54, 1.807) is 0 Å². The van der Waals surface area contributed by atoms with Crippen molar-refractivity contribution in [3.63, 3.8) is 0 Å². The van der Waals surface area contributed by atoms with Gasteiger partial charge in [-0.2, -0.15) is 0 Å². The fraction of sp³-hybridized carbons (Fsp3) is 0.0857. The maximum atomic E-state index is 2.77. The average molecular weight is 949 g/mol. The van der Waals surface area contributed by atoms with E-state index in [0.29, 0.717) is 0 Å². The Morgan fingerprint density at radius 1 is 0.419 bits per heavy atom. The van der Waals surface area contributed by atoms with Crippen LogP contribution in [0.1, 0.15) is 43.0 Å². The molecule has 1 aliphatic heterocycles. The zero-order valence-corrected chi connectivity index (χ0v) is 41.5. The number of benzene rings is 10. The highest BCUT2D eigenvalue weighted by atomic mass is 15.2. The number of hydrogen-bond donors (Lipinski definition) is 0. The number of nitrogens with zero attached hydrogens (tertiary/aromatic N) is 4. The van der Waals surface area contributed by atoms with Gasteiger partial charge in [-0.15, -0.1) is 0 Å². The van der Waals surface area contributed by atoms with E-state index in [1.165, 1.54) is 110 Å². The van der Waals surface area contributed by atoms with Crippen molar-refractivity contribution in [1.82, 2.24) is 8.97 Å². The molecule has 4 nitrogen and oxygen atoms in total. The van der Waals surface area contributed by atoms with E-state index in [2.05, 4.69) is 269 Å². The van der Waals surface area contributed by atoms with Gasteiger partial charge in [-0.25, -0.2) is 0 Å². The maximum absolute atomic E-state index is 2.77. The Hall–Kier alpha value is -9.12. The number of allylic oxidation sites excluding steroid dienone is 3. The first-order valence-corrected chi connectivity index (χ1v) is 26.3. The van der Waals surface area contributed by atoms with Gasteiger partial charge in [0.05, 0.1) is 45.0 Å². The Bertz CT molecular complexity index is 4370. The van der Waals surface area contributed by atoms with E-state index in [1.807, 2.05) is 0 Å². The summed E-state index contributed by atoms with van der Waals surface area (Å²) < 4.78 is 5.41. The van der Waals surface area contributed by atoms with E-state index in [4.69, 9.17) is 0 Å². The van der Waals surface area contributed by atoms with Gasteiger partial charge < -0.3 is 18.8 Å². The van der Waals surface area contributed by atoms with Crippen LogP contribution in [0.25, 0.3) is 87.7 Å². The molecule has 1 aliphatic carbocycles. The van der Waals surface area contributed by atoms with Gasteiger partial charge in [0, 0.05) is 77.3 Å². The molecule has 10 aromatic carbocycles. The van der Waals surface area contributed by atoms with Gasteiger partial charge in [-0.3, -0.25) is 0 Å². The van der Waals surface area contributed by atoms with Gasteiger partial charge in [0.25, 0.3) is 0 Å². The van der Waals surface area contributed by atoms with Crippen molar-refractivity contribution in [2.24, 2.45) is 0 Å². The standard InChI is InChI=1S/C70H52N4/c1-3-45-37-41-51(42-38-45)71(49-25-13-7-14-26-49)57-33-19-35-59-63(57)53-29-17-31-55-65-62(48-23-11-6-12-24-48)70-66(61(47-21-9-5-10-22-47)69(65)73(59)67(53)55)56-32-18-30-54-64-58(34-20-36-60(64)74(70)68(54)56)72(50-27-15-8-16-28-50)52-43-39-46(4-2)40-44-52/h5-35,37-44,60H,3-4,36H2,1-2H3. The van der Waals surface area contributed by atoms with Crippen LogP contribution in [0.4, 0.5) is 28.4 Å². The molecule has 0 amide bonds. The van der Waals surface area contributed by atoms with Crippen LogP contribution in [-0.2, 0) is 12.8 Å². The number of anilines is 5. The molecule has 15 rings (SSSR count). The monoisotopic (exact) mass is 948 g/mol. The van der Waals surface area contributed by atoms with Crippen molar-refractivity contribution in [2.45, 2.75) is 39.2 Å². The lowest BCUT2D eigenvalue weighted by molar-refractivity contribution is 0.680. The van der Waals surface area contributed by atoms with Gasteiger partial charge in [0.15, 0.2) is 0 Å². The van der Waals surface area contributed by atoms with E-state index in [-0.39, 0.29) is 6.04 Å². The molecular weight excluding hydrogens is 897 g/mol. The summed E-state index contributed by atoms with van der Waals surface area (Å²) in [6, 6.07) is 83.8. The van der Waals surface area contributed by atoms with Crippen molar-refractivity contribution in [3.8, 4) is 22.3 Å². The van der Waals surface area contributed by atoms with Crippen LogP contribution in [0.5, 0.6) is 0 Å². The number of rotatable bonds is 10. The Balaban J connectivity index is 1.10. The molecule has 0 saturated carbocycles. The lowest BCUT2D eigenvalue weighted by Crippen LogP contribution is -2.20. The smallest absolute Gasteiger partial charge is 0.0654 e. The van der Waals surface area contributed by atoms with Gasteiger partial charge in [0.2, 0.25) is 0 Å². The molecule has 3 aromatic heterocycles. The largest absolute Gasteiger partial charge is 0.331 e. The van der Waals surface area contributed by atoms with Crippen molar-refractivity contribution in [3.05, 3.63) is 259 Å². The number of aryl methyl sites for hydroxylation is 2. The SMILES string of the molecule is CCc1ccc(N(C2=C3c4cccc5c6c(-c7ccccc7)c7c(c(-c8ccccc8)c6n(c45)C3CC=C2)c2cccc3c4c(N(c5ccccc5)c5ccc(CC)cc5)cccc4n7c32)c2ccccc2)cc1. The molecule has 1 unspecified atom stereocenters. The van der Waals surface area contributed by atoms with Gasteiger partial charge >= 0.3 is 0 Å². The van der Waals surface area contributed by atoms with E-state index < -0.39 is 0 Å². The van der Waals surface area contributed by atoms with Crippen LogP contribution < -0.4 is 9.80 Å². The zero-order valence-electron chi connectivity index (χ0n) is 41.5. The summed E-state index contributed by atoms with van der Waals surface area (Å²) in [6.07, 6.45) is 7.69. The number of hydrogen-bond acceptors (Lipinski definition) is 2. The van der Waals surface area contributed by atoms with Crippen LogP contribution in [0.15, 0.2) is 242 Å². The minimum absolute atomic E-state index is 0.0625. The van der Waals surface area contributed by atoms with E-state index in [9.17, 15) is 0 Å². The summed E-state index contributed by atoms with van der Waals surface area (Å²) in [6.45, 7) is 4.45. The summed E-state index contributed by atoms with van der Waals surface area (Å²) in [4.78, 5) is 4.94. The summed E-state index contributed by atoms with van der Waals surface area (Å²) in [5.74, 6) is 0. The van der Waals surface area contributed by atoms with Crippen LogP contribution >= 0.6 is 0 Å². The molecule has 0 bridgehead atoms. The first kappa shape index (κ1) is 42.6. The van der Waals surface area contributed by atoms with Crippen molar-refractivity contribution in [2.75, 3.05) is 9.80 Å². The fourth-order valence-corrected chi connectivity index (χ4v) is 13.1. The van der Waals surface area contributed by atoms with E-state index in [0.717, 1.165) is 47.7 Å². The normalized spacial score (nSPS) is 14.2. The molecule has 4 heterocycles. The van der Waals surface area contributed by atoms with Gasteiger partial charge in [0.1, 0.15) is 0 Å². The number of aromatic nitrogens is 2. The Kier molecular flexibility index (Phi) is 9.62. The Morgan fingerprint density at radius 2 is 0.905 bits per heavy atom. The predicted molar refractivity (Wildman–Crippen MR) is 313 cm³/mol. The Morgan fingerprint density at radius 3 is 1.51 bits per heavy atom. The molecule has 74 heavy (non-hydrogen) atoms. The average Bonchev–Trinajstić information content (AvgIpc) is 4.21. The lowest BCUT2D eigenvalue weighted by atomic mass is 9.87. The van der Waals surface area contributed by atoms with Crippen molar-refractivity contribution >= 4 is 93.9 Å². The van der Waals surface area contributed by atoms with E-state index >= 15 is 0 Å². The summed E-state index contributed by atoms with van der Waals surface area (Å²) >= 11 is 0. The molecule has 0 radical (unpaired) electrons. The molecule has 1 atom stereocenters. The number of fused-ring (bicyclic) bond motifs is 12. The third kappa shape index (κ3) is 6.09. The highest BCUT2D eigenvalue weighted by Gasteiger charge is 2.39. The molecule has 0 fully saturated rings. The molecular formula is C70H52N4. The second kappa shape index (κ2) is 16.7. The molecule has 4 heteroatoms. The molecule has 0 spiro atoms. The highest BCUT2D eigenvalue weighted by molar-refractivity contribution is 6.37. The lowest BCUT2D eigenvalue weighted by Gasteiger charge is -2.32. The third-order valence-electron chi connectivity index (χ3n) is 16.2. The summed E-state index contributed by atoms with van der Waals surface area (Å²) in [5, 5.41) is 7.63. The third-order valence-corrected chi connectivity index (χ3v) is 16.2. The molecule has 0 saturated heterocycles. The second-order valence-electron chi connectivity index (χ2n) is 20.0.